The molecule has 1 N–H and O–H groups in total. The Balaban J connectivity index is 1.92. The number of aromatic nitrogens is 1. The molecule has 0 aliphatic heterocycles. The summed E-state index contributed by atoms with van der Waals surface area (Å²) in [5.41, 5.74) is -0.120. The van der Waals surface area contributed by atoms with Crippen molar-refractivity contribution >= 4 is 5.97 Å². The first-order valence-corrected chi connectivity index (χ1v) is 4.07. The summed E-state index contributed by atoms with van der Waals surface area (Å²) in [6.45, 7) is 0.569. The van der Waals surface area contributed by atoms with Crippen LogP contribution in [0.25, 0.3) is 0 Å². The third-order valence-electron chi connectivity index (χ3n) is 1.84. The summed E-state index contributed by atoms with van der Waals surface area (Å²) in [7, 11) is 0. The van der Waals surface area contributed by atoms with Crippen molar-refractivity contribution in [2.45, 2.75) is 12.8 Å². The number of hydrogen-bond acceptors (Lipinski definition) is 4. The molecular formula is C8H9NO4. The van der Waals surface area contributed by atoms with Gasteiger partial charge < -0.3 is 14.3 Å². The number of aromatic carboxylic acids is 1. The molecule has 0 saturated heterocycles. The van der Waals surface area contributed by atoms with Crippen LogP contribution < -0.4 is 4.74 Å². The van der Waals surface area contributed by atoms with Crippen LogP contribution in [-0.4, -0.2) is 22.7 Å². The van der Waals surface area contributed by atoms with Crippen molar-refractivity contribution in [3.05, 3.63) is 12.0 Å². The second-order valence-electron chi connectivity index (χ2n) is 3.06. The predicted molar refractivity (Wildman–Crippen MR) is 41.7 cm³/mol. The van der Waals surface area contributed by atoms with E-state index in [9.17, 15) is 4.79 Å². The van der Waals surface area contributed by atoms with E-state index >= 15 is 0 Å². The van der Waals surface area contributed by atoms with Gasteiger partial charge in [0.1, 0.15) is 6.26 Å². The van der Waals surface area contributed by atoms with E-state index in [-0.39, 0.29) is 11.8 Å². The Labute approximate surface area is 74.3 Å². The third kappa shape index (κ3) is 1.99. The fourth-order valence-electron chi connectivity index (χ4n) is 0.895. The Hall–Kier alpha value is -1.52. The summed E-state index contributed by atoms with van der Waals surface area (Å²) >= 11 is 0. The topological polar surface area (TPSA) is 72.6 Å². The molecule has 0 radical (unpaired) electrons. The second-order valence-corrected chi connectivity index (χ2v) is 3.06. The van der Waals surface area contributed by atoms with Crippen molar-refractivity contribution in [2.24, 2.45) is 5.92 Å². The molecule has 1 aromatic rings. The van der Waals surface area contributed by atoms with Crippen LogP contribution in [0, 0.1) is 5.92 Å². The van der Waals surface area contributed by atoms with E-state index < -0.39 is 5.97 Å². The second kappa shape index (κ2) is 3.08. The van der Waals surface area contributed by atoms with Crippen LogP contribution in [0.15, 0.2) is 10.7 Å². The molecule has 0 unspecified atom stereocenters. The molecule has 1 heterocycles. The zero-order valence-corrected chi connectivity index (χ0v) is 6.90. The first kappa shape index (κ1) is 8.10. The van der Waals surface area contributed by atoms with Gasteiger partial charge in [-0.05, 0) is 18.8 Å². The van der Waals surface area contributed by atoms with Gasteiger partial charge in [0, 0.05) is 0 Å². The molecule has 13 heavy (non-hydrogen) atoms. The van der Waals surface area contributed by atoms with Crippen LogP contribution in [0.2, 0.25) is 0 Å². The zero-order chi connectivity index (χ0) is 9.26. The monoisotopic (exact) mass is 183 g/mol. The number of carboxylic acids is 1. The number of rotatable bonds is 4. The highest BCUT2D eigenvalue weighted by Crippen LogP contribution is 2.29. The Morgan fingerprint density at radius 3 is 3.08 bits per heavy atom. The minimum absolute atomic E-state index is 0.0456. The maximum atomic E-state index is 10.4. The van der Waals surface area contributed by atoms with Gasteiger partial charge >= 0.3 is 12.0 Å². The van der Waals surface area contributed by atoms with E-state index in [0.717, 1.165) is 6.26 Å². The molecule has 1 aliphatic rings. The molecule has 2 rings (SSSR count). The summed E-state index contributed by atoms with van der Waals surface area (Å²) in [4.78, 5) is 14.0. The summed E-state index contributed by atoms with van der Waals surface area (Å²) in [6, 6.07) is 0. The molecule has 0 aromatic carbocycles. The lowest BCUT2D eigenvalue weighted by atomic mass is 10.5. The first-order chi connectivity index (χ1) is 6.25. The van der Waals surface area contributed by atoms with E-state index in [1.54, 1.807) is 0 Å². The van der Waals surface area contributed by atoms with Crippen LogP contribution in [0.3, 0.4) is 0 Å². The van der Waals surface area contributed by atoms with E-state index in [1.807, 2.05) is 0 Å². The summed E-state index contributed by atoms with van der Waals surface area (Å²) < 4.78 is 9.91. The minimum atomic E-state index is -1.11. The van der Waals surface area contributed by atoms with Gasteiger partial charge in [-0.2, -0.15) is 4.98 Å². The first-order valence-electron chi connectivity index (χ1n) is 4.07. The van der Waals surface area contributed by atoms with Crippen LogP contribution >= 0.6 is 0 Å². The number of carboxylic acid groups (broad SMARTS) is 1. The van der Waals surface area contributed by atoms with E-state index in [4.69, 9.17) is 14.3 Å². The lowest BCUT2D eigenvalue weighted by molar-refractivity contribution is 0.0690. The summed E-state index contributed by atoms with van der Waals surface area (Å²) in [5.74, 6) is -0.509. The molecule has 0 spiro atoms. The van der Waals surface area contributed by atoms with Crippen molar-refractivity contribution in [2.75, 3.05) is 6.61 Å². The molecule has 1 aliphatic carbocycles. The highest BCUT2D eigenvalue weighted by Gasteiger charge is 2.23. The normalized spacial score (nSPS) is 15.7. The van der Waals surface area contributed by atoms with Gasteiger partial charge in [0.05, 0.1) is 6.61 Å². The Kier molecular flexibility index (Phi) is 1.92. The summed E-state index contributed by atoms with van der Waals surface area (Å²) in [6.07, 6.45) is 3.47. The maximum absolute atomic E-state index is 10.4. The smallest absolute Gasteiger partial charge is 0.394 e. The fourth-order valence-corrected chi connectivity index (χ4v) is 0.895. The SMILES string of the molecule is O=C(O)c1coc(OCC2CC2)n1. The van der Waals surface area contributed by atoms with Gasteiger partial charge in [-0.1, -0.05) is 0 Å². The van der Waals surface area contributed by atoms with Crippen molar-refractivity contribution in [1.29, 1.82) is 0 Å². The van der Waals surface area contributed by atoms with Gasteiger partial charge in [-0.15, -0.1) is 0 Å². The molecule has 5 nitrogen and oxygen atoms in total. The highest BCUT2D eigenvalue weighted by molar-refractivity contribution is 5.84. The lowest BCUT2D eigenvalue weighted by Crippen LogP contribution is -2.00. The quantitative estimate of drug-likeness (QED) is 0.758. The molecule has 0 amide bonds. The van der Waals surface area contributed by atoms with Crippen LogP contribution in [0.5, 0.6) is 6.08 Å². The minimum Gasteiger partial charge on any atom is -0.476 e. The Morgan fingerprint density at radius 1 is 1.77 bits per heavy atom. The van der Waals surface area contributed by atoms with Gasteiger partial charge in [-0.25, -0.2) is 4.79 Å². The third-order valence-corrected chi connectivity index (χ3v) is 1.84. The van der Waals surface area contributed by atoms with Gasteiger partial charge in [0.15, 0.2) is 5.69 Å². The molecule has 1 fully saturated rings. The number of carbonyl (C=O) groups is 1. The van der Waals surface area contributed by atoms with Crippen molar-refractivity contribution in [1.82, 2.24) is 4.98 Å². The summed E-state index contributed by atoms with van der Waals surface area (Å²) in [5, 5.41) is 8.51. The zero-order valence-electron chi connectivity index (χ0n) is 6.90. The van der Waals surface area contributed by atoms with E-state index in [0.29, 0.717) is 12.5 Å². The highest BCUT2D eigenvalue weighted by atomic mass is 16.6. The van der Waals surface area contributed by atoms with Gasteiger partial charge in [-0.3, -0.25) is 0 Å². The molecule has 1 saturated carbocycles. The standard InChI is InChI=1S/C8H9NO4/c10-7(11)6-4-13-8(9-6)12-3-5-1-2-5/h4-5H,1-3H2,(H,10,11). The van der Waals surface area contributed by atoms with Crippen molar-refractivity contribution < 1.29 is 19.1 Å². The lowest BCUT2D eigenvalue weighted by Gasteiger charge is -1.96. The average Bonchev–Trinajstić information content (AvgIpc) is 2.79. The largest absolute Gasteiger partial charge is 0.476 e. The van der Waals surface area contributed by atoms with Gasteiger partial charge in [0.25, 0.3) is 0 Å². The molecule has 5 heteroatoms. The van der Waals surface area contributed by atoms with Crippen LogP contribution in [0.4, 0.5) is 0 Å². The fraction of sp³-hybridized carbons (Fsp3) is 0.500. The van der Waals surface area contributed by atoms with E-state index in [1.165, 1.54) is 12.8 Å². The Bertz CT molecular complexity index is 316. The number of hydrogen-bond donors (Lipinski definition) is 1. The van der Waals surface area contributed by atoms with E-state index in [2.05, 4.69) is 4.98 Å². The average molecular weight is 183 g/mol. The number of nitrogens with zero attached hydrogens (tertiary/aromatic N) is 1. The molecule has 70 valence electrons. The number of ether oxygens (including phenoxy) is 1. The predicted octanol–water partition coefficient (Wildman–Crippen LogP) is 1.16. The Morgan fingerprint density at radius 2 is 2.54 bits per heavy atom. The molecule has 0 atom stereocenters. The van der Waals surface area contributed by atoms with Crippen molar-refractivity contribution in [3.8, 4) is 6.08 Å². The van der Waals surface area contributed by atoms with Crippen LogP contribution in [0.1, 0.15) is 23.3 Å². The van der Waals surface area contributed by atoms with Gasteiger partial charge in [0.2, 0.25) is 0 Å². The maximum Gasteiger partial charge on any atom is 0.394 e. The molecule has 1 aromatic heterocycles. The molecule has 0 bridgehead atoms. The van der Waals surface area contributed by atoms with Crippen LogP contribution in [-0.2, 0) is 0 Å². The molecular weight excluding hydrogens is 174 g/mol. The van der Waals surface area contributed by atoms with Crippen molar-refractivity contribution in [3.63, 3.8) is 0 Å². The number of oxazole rings is 1.